The Labute approximate surface area is 162 Å². The molecule has 0 fully saturated rings. The van der Waals surface area contributed by atoms with Crippen LogP contribution in [0.2, 0.25) is 0 Å². The fourth-order valence-corrected chi connectivity index (χ4v) is 2.22. The number of aromatic nitrogens is 1. The molecular formula is C21H31N3O3. The highest BCUT2D eigenvalue weighted by Gasteiger charge is 2.10. The number of carbonyl (C=O) groups is 1. The Hall–Kier alpha value is -2.60. The molecule has 0 bridgehead atoms. The van der Waals surface area contributed by atoms with E-state index in [0.717, 1.165) is 25.1 Å². The van der Waals surface area contributed by atoms with Crippen molar-refractivity contribution in [2.75, 3.05) is 13.7 Å². The minimum atomic E-state index is -0.516. The summed E-state index contributed by atoms with van der Waals surface area (Å²) in [5.41, 5.74) is 6.72. The number of nitrogens with zero attached hydrogens (tertiary/aromatic N) is 1. The van der Waals surface area contributed by atoms with Crippen LogP contribution in [-0.2, 0) is 6.54 Å². The van der Waals surface area contributed by atoms with Crippen molar-refractivity contribution < 1.29 is 14.3 Å². The van der Waals surface area contributed by atoms with Gasteiger partial charge in [0.1, 0.15) is 0 Å². The molecule has 0 radical (unpaired) electrons. The second-order valence-corrected chi connectivity index (χ2v) is 6.20. The third-order valence-corrected chi connectivity index (χ3v) is 3.69. The Kier molecular flexibility index (Phi) is 9.90. The van der Waals surface area contributed by atoms with Gasteiger partial charge in [-0.2, -0.15) is 0 Å². The molecule has 6 heteroatoms. The number of rotatable bonds is 9. The van der Waals surface area contributed by atoms with Gasteiger partial charge in [-0.1, -0.05) is 33.8 Å². The zero-order chi connectivity index (χ0) is 20.2. The molecule has 6 nitrogen and oxygen atoms in total. The standard InChI is InChI=1S/C19H25N3O3.C2H6/c1-13(2)8-9-21-11-14-4-7-18(22-12-14)25-16-6-5-15(19(20)23)10-17(16)24-3;1-2/h4-7,10,12-13,21H,8-9,11H2,1-3H3,(H2,20,23);1-2H3. The van der Waals surface area contributed by atoms with Crippen LogP contribution in [0.1, 0.15) is 50.0 Å². The smallest absolute Gasteiger partial charge is 0.248 e. The molecule has 0 aliphatic rings. The van der Waals surface area contributed by atoms with E-state index in [-0.39, 0.29) is 0 Å². The fraction of sp³-hybridized carbons (Fsp3) is 0.429. The first-order chi connectivity index (χ1) is 13.0. The van der Waals surface area contributed by atoms with Crippen molar-refractivity contribution in [1.29, 1.82) is 0 Å². The van der Waals surface area contributed by atoms with Gasteiger partial charge in [0.15, 0.2) is 11.5 Å². The van der Waals surface area contributed by atoms with Gasteiger partial charge in [-0.05, 0) is 42.6 Å². The number of carbonyl (C=O) groups excluding carboxylic acids is 1. The van der Waals surface area contributed by atoms with E-state index in [0.29, 0.717) is 28.9 Å². The molecule has 0 aliphatic carbocycles. The van der Waals surface area contributed by atoms with Crippen LogP contribution < -0.4 is 20.5 Å². The molecule has 2 aromatic rings. The zero-order valence-corrected chi connectivity index (χ0v) is 16.9. The highest BCUT2D eigenvalue weighted by molar-refractivity contribution is 5.93. The number of nitrogens with one attached hydrogen (secondary N) is 1. The number of hydrogen-bond donors (Lipinski definition) is 2. The molecule has 0 unspecified atom stereocenters. The van der Waals surface area contributed by atoms with Crippen molar-refractivity contribution >= 4 is 5.91 Å². The lowest BCUT2D eigenvalue weighted by Crippen LogP contribution is -2.16. The number of hydrogen-bond acceptors (Lipinski definition) is 5. The van der Waals surface area contributed by atoms with Gasteiger partial charge < -0.3 is 20.5 Å². The maximum atomic E-state index is 11.2. The molecule has 0 saturated carbocycles. The summed E-state index contributed by atoms with van der Waals surface area (Å²) in [6.07, 6.45) is 2.93. The first-order valence-electron chi connectivity index (χ1n) is 9.31. The predicted octanol–water partition coefficient (Wildman–Crippen LogP) is 4.14. The van der Waals surface area contributed by atoms with Crippen LogP contribution in [0.25, 0.3) is 0 Å². The molecule has 148 valence electrons. The van der Waals surface area contributed by atoms with Crippen LogP contribution in [0.4, 0.5) is 0 Å². The van der Waals surface area contributed by atoms with E-state index in [1.807, 2.05) is 19.9 Å². The highest BCUT2D eigenvalue weighted by atomic mass is 16.5. The van der Waals surface area contributed by atoms with Crippen molar-refractivity contribution in [3.63, 3.8) is 0 Å². The molecular weight excluding hydrogens is 342 g/mol. The van der Waals surface area contributed by atoms with Gasteiger partial charge in [0.2, 0.25) is 11.8 Å². The van der Waals surface area contributed by atoms with E-state index in [2.05, 4.69) is 24.1 Å². The first kappa shape index (κ1) is 22.4. The van der Waals surface area contributed by atoms with Crippen molar-refractivity contribution in [3.05, 3.63) is 47.7 Å². The summed E-state index contributed by atoms with van der Waals surface area (Å²) >= 11 is 0. The molecule has 27 heavy (non-hydrogen) atoms. The molecule has 1 heterocycles. The lowest BCUT2D eigenvalue weighted by molar-refractivity contribution is 0.1000. The lowest BCUT2D eigenvalue weighted by Gasteiger charge is -2.11. The molecule has 3 N–H and O–H groups in total. The van der Waals surface area contributed by atoms with Crippen LogP contribution in [0, 0.1) is 5.92 Å². The second kappa shape index (κ2) is 11.9. The Balaban J connectivity index is 0.00000176. The predicted molar refractivity (Wildman–Crippen MR) is 108 cm³/mol. The van der Waals surface area contributed by atoms with Crippen molar-refractivity contribution in [3.8, 4) is 17.4 Å². The summed E-state index contributed by atoms with van der Waals surface area (Å²) < 4.78 is 11.0. The second-order valence-electron chi connectivity index (χ2n) is 6.20. The molecule has 1 aromatic heterocycles. The molecule has 0 spiro atoms. The number of amides is 1. The Morgan fingerprint density at radius 2 is 1.93 bits per heavy atom. The molecule has 1 aromatic carbocycles. The molecule has 0 aliphatic heterocycles. The number of ether oxygens (including phenoxy) is 2. The molecule has 1 amide bonds. The van der Waals surface area contributed by atoms with E-state index in [9.17, 15) is 4.79 Å². The molecule has 0 atom stereocenters. The van der Waals surface area contributed by atoms with Gasteiger partial charge in [-0.15, -0.1) is 0 Å². The third-order valence-electron chi connectivity index (χ3n) is 3.69. The lowest BCUT2D eigenvalue weighted by atomic mass is 10.1. The number of methoxy groups -OCH3 is 1. The number of nitrogens with two attached hydrogens (primary N) is 1. The zero-order valence-electron chi connectivity index (χ0n) is 16.9. The van der Waals surface area contributed by atoms with Gasteiger partial charge in [0.25, 0.3) is 0 Å². The first-order valence-corrected chi connectivity index (χ1v) is 9.31. The monoisotopic (exact) mass is 373 g/mol. The van der Waals surface area contributed by atoms with Gasteiger partial charge in [-0.25, -0.2) is 4.98 Å². The van der Waals surface area contributed by atoms with Crippen LogP contribution in [-0.4, -0.2) is 24.5 Å². The summed E-state index contributed by atoms with van der Waals surface area (Å²) in [5.74, 6) is 1.53. The highest BCUT2D eigenvalue weighted by Crippen LogP contribution is 2.31. The van der Waals surface area contributed by atoms with Crippen LogP contribution in [0.15, 0.2) is 36.5 Å². The van der Waals surface area contributed by atoms with Gasteiger partial charge in [0, 0.05) is 24.4 Å². The van der Waals surface area contributed by atoms with Crippen molar-refractivity contribution in [2.24, 2.45) is 11.7 Å². The summed E-state index contributed by atoms with van der Waals surface area (Å²) in [6.45, 7) is 10.2. The van der Waals surface area contributed by atoms with E-state index in [4.69, 9.17) is 15.2 Å². The number of pyridine rings is 1. The quantitative estimate of drug-likeness (QED) is 0.645. The van der Waals surface area contributed by atoms with E-state index in [1.165, 1.54) is 7.11 Å². The topological polar surface area (TPSA) is 86.5 Å². The maximum absolute atomic E-state index is 11.2. The number of primary amides is 1. The Morgan fingerprint density at radius 1 is 1.19 bits per heavy atom. The van der Waals surface area contributed by atoms with Gasteiger partial charge >= 0.3 is 0 Å². The summed E-state index contributed by atoms with van der Waals surface area (Å²) in [4.78, 5) is 15.5. The normalized spacial score (nSPS) is 10.1. The molecule has 0 saturated heterocycles. The van der Waals surface area contributed by atoms with Crippen molar-refractivity contribution in [2.45, 2.75) is 40.7 Å². The largest absolute Gasteiger partial charge is 0.493 e. The average molecular weight is 373 g/mol. The minimum Gasteiger partial charge on any atom is -0.493 e. The average Bonchev–Trinajstić information content (AvgIpc) is 2.68. The minimum absolute atomic E-state index is 0.361. The SMILES string of the molecule is CC.COc1cc(C(N)=O)ccc1Oc1ccc(CNCCC(C)C)cn1. The summed E-state index contributed by atoms with van der Waals surface area (Å²) in [6, 6.07) is 8.55. The Bertz CT molecular complexity index is 700. The van der Waals surface area contributed by atoms with Gasteiger partial charge in [-0.3, -0.25) is 4.79 Å². The summed E-state index contributed by atoms with van der Waals surface area (Å²) in [5, 5.41) is 3.39. The number of benzene rings is 1. The summed E-state index contributed by atoms with van der Waals surface area (Å²) in [7, 11) is 1.51. The van der Waals surface area contributed by atoms with Crippen molar-refractivity contribution in [1.82, 2.24) is 10.3 Å². The van der Waals surface area contributed by atoms with Gasteiger partial charge in [0.05, 0.1) is 7.11 Å². The maximum Gasteiger partial charge on any atom is 0.248 e. The van der Waals surface area contributed by atoms with Crippen LogP contribution in [0.3, 0.4) is 0 Å². The Morgan fingerprint density at radius 3 is 2.48 bits per heavy atom. The van der Waals surface area contributed by atoms with E-state index < -0.39 is 5.91 Å². The van der Waals surface area contributed by atoms with E-state index >= 15 is 0 Å². The fourth-order valence-electron chi connectivity index (χ4n) is 2.22. The molecule has 2 rings (SSSR count). The van der Waals surface area contributed by atoms with E-state index in [1.54, 1.807) is 30.5 Å². The van der Waals surface area contributed by atoms with Crippen LogP contribution >= 0.6 is 0 Å². The van der Waals surface area contributed by atoms with Crippen LogP contribution in [0.5, 0.6) is 17.4 Å². The third kappa shape index (κ3) is 7.66.